The molecule has 0 atom stereocenters. The van der Waals surface area contributed by atoms with Crippen molar-refractivity contribution < 1.29 is 5.11 Å². The van der Waals surface area contributed by atoms with Gasteiger partial charge in [-0.05, 0) is 63.5 Å². The zero-order valence-corrected chi connectivity index (χ0v) is 11.8. The zero-order valence-electron chi connectivity index (χ0n) is 11.8. The van der Waals surface area contributed by atoms with Crippen LogP contribution in [0, 0.1) is 5.92 Å². The summed E-state index contributed by atoms with van der Waals surface area (Å²) in [5.74, 6) is 1.14. The van der Waals surface area contributed by atoms with E-state index in [4.69, 9.17) is 5.11 Å². The van der Waals surface area contributed by atoms with Crippen molar-refractivity contribution in [3.05, 3.63) is 24.0 Å². The monoisotopic (exact) mass is 263 g/mol. The molecule has 1 aromatic heterocycles. The van der Waals surface area contributed by atoms with Crippen molar-refractivity contribution >= 4 is 0 Å². The van der Waals surface area contributed by atoms with E-state index in [1.165, 1.54) is 45.1 Å². The van der Waals surface area contributed by atoms with Crippen molar-refractivity contribution in [2.45, 2.75) is 32.7 Å². The Morgan fingerprint density at radius 1 is 1.37 bits per heavy atom. The highest BCUT2D eigenvalue weighted by Gasteiger charge is 2.14. The molecule has 1 saturated heterocycles. The summed E-state index contributed by atoms with van der Waals surface area (Å²) in [6.07, 6.45) is 5.38. The lowest BCUT2D eigenvalue weighted by Crippen LogP contribution is -2.34. The highest BCUT2D eigenvalue weighted by molar-refractivity contribution is 5.17. The lowest BCUT2D eigenvalue weighted by Gasteiger charge is -2.30. The number of rotatable bonds is 6. The van der Waals surface area contributed by atoms with Gasteiger partial charge in [-0.15, -0.1) is 0 Å². The van der Waals surface area contributed by atoms with Crippen LogP contribution >= 0.6 is 0 Å². The molecule has 1 aliphatic rings. The Morgan fingerprint density at radius 2 is 2.16 bits per heavy atom. The molecule has 4 heteroatoms. The molecule has 1 aliphatic heterocycles. The third kappa shape index (κ3) is 5.17. The first-order chi connectivity index (χ1) is 9.24. The number of aromatic nitrogens is 1. The molecule has 2 rings (SSSR count). The van der Waals surface area contributed by atoms with Gasteiger partial charge in [0.2, 0.25) is 0 Å². The van der Waals surface area contributed by atoms with E-state index < -0.39 is 0 Å². The van der Waals surface area contributed by atoms with Crippen LogP contribution in [0.25, 0.3) is 0 Å². The van der Waals surface area contributed by atoms with Crippen LogP contribution in [0.5, 0.6) is 5.75 Å². The second-order valence-corrected chi connectivity index (χ2v) is 5.56. The number of pyridine rings is 1. The number of nitrogens with one attached hydrogen (secondary N) is 1. The molecule has 2 heterocycles. The van der Waals surface area contributed by atoms with Crippen molar-refractivity contribution in [3.63, 3.8) is 0 Å². The molecule has 2 N–H and O–H groups in total. The van der Waals surface area contributed by atoms with Crippen molar-refractivity contribution in [2.75, 3.05) is 26.2 Å². The maximum absolute atomic E-state index is 9.14. The van der Waals surface area contributed by atoms with Gasteiger partial charge in [0.25, 0.3) is 0 Å². The Kier molecular flexibility index (Phi) is 5.61. The highest BCUT2D eigenvalue weighted by atomic mass is 16.3. The summed E-state index contributed by atoms with van der Waals surface area (Å²) in [6, 6.07) is 3.53. The van der Waals surface area contributed by atoms with Crippen LogP contribution in [0.4, 0.5) is 0 Å². The van der Waals surface area contributed by atoms with Gasteiger partial charge in [0.1, 0.15) is 5.75 Å². The first-order valence-electron chi connectivity index (χ1n) is 7.31. The predicted molar refractivity (Wildman–Crippen MR) is 77.1 cm³/mol. The van der Waals surface area contributed by atoms with Crippen LogP contribution in [0.2, 0.25) is 0 Å². The maximum Gasteiger partial charge on any atom is 0.133 e. The molecule has 106 valence electrons. The lowest BCUT2D eigenvalue weighted by molar-refractivity contribution is 0.190. The summed E-state index contributed by atoms with van der Waals surface area (Å²) >= 11 is 0. The third-order valence-corrected chi connectivity index (χ3v) is 3.82. The Labute approximate surface area is 115 Å². The second-order valence-electron chi connectivity index (χ2n) is 5.56. The van der Waals surface area contributed by atoms with E-state index in [2.05, 4.69) is 22.1 Å². The van der Waals surface area contributed by atoms with E-state index in [1.54, 1.807) is 6.07 Å². The predicted octanol–water partition coefficient (Wildman–Crippen LogP) is 2.00. The molecular weight excluding hydrogens is 238 g/mol. The molecule has 19 heavy (non-hydrogen) atoms. The van der Waals surface area contributed by atoms with Gasteiger partial charge in [-0.2, -0.15) is 0 Å². The molecule has 0 saturated carbocycles. The molecule has 0 spiro atoms. The quantitative estimate of drug-likeness (QED) is 0.771. The largest absolute Gasteiger partial charge is 0.506 e. The normalized spacial score (nSPS) is 17.7. The number of hydrogen-bond acceptors (Lipinski definition) is 4. The van der Waals surface area contributed by atoms with Gasteiger partial charge in [-0.25, -0.2) is 0 Å². The molecule has 0 aromatic carbocycles. The summed E-state index contributed by atoms with van der Waals surface area (Å²) in [5.41, 5.74) is 0.976. The van der Waals surface area contributed by atoms with Crippen LogP contribution in [0.3, 0.4) is 0 Å². The van der Waals surface area contributed by atoms with E-state index in [0.29, 0.717) is 0 Å². The number of piperidine rings is 1. The number of likely N-dealkylation sites (tertiary alicyclic amines) is 1. The van der Waals surface area contributed by atoms with Gasteiger partial charge in [0.05, 0.1) is 11.9 Å². The van der Waals surface area contributed by atoms with E-state index in [9.17, 15) is 0 Å². The molecule has 1 fully saturated rings. The van der Waals surface area contributed by atoms with Gasteiger partial charge < -0.3 is 15.3 Å². The average molecular weight is 263 g/mol. The Hall–Kier alpha value is -1.13. The standard InChI is InChI=1S/C15H25N3O/c1-13-5-9-18(10-6-13)8-2-7-16-11-14-3-4-15(19)12-17-14/h3-4,12-13,16,19H,2,5-11H2,1H3. The van der Waals surface area contributed by atoms with Gasteiger partial charge in [0.15, 0.2) is 0 Å². The number of aromatic hydroxyl groups is 1. The summed E-state index contributed by atoms with van der Waals surface area (Å²) in [5, 5.41) is 12.5. The Balaban J connectivity index is 1.53. The number of hydrogen-bond donors (Lipinski definition) is 2. The van der Waals surface area contributed by atoms with Gasteiger partial charge in [-0.1, -0.05) is 6.92 Å². The molecule has 0 amide bonds. The fourth-order valence-corrected chi connectivity index (χ4v) is 2.45. The topological polar surface area (TPSA) is 48.4 Å². The second kappa shape index (κ2) is 7.46. The molecule has 0 bridgehead atoms. The molecule has 0 unspecified atom stereocenters. The van der Waals surface area contributed by atoms with Gasteiger partial charge in [-0.3, -0.25) is 4.98 Å². The highest BCUT2D eigenvalue weighted by Crippen LogP contribution is 2.15. The smallest absolute Gasteiger partial charge is 0.133 e. The van der Waals surface area contributed by atoms with Crippen molar-refractivity contribution in [1.29, 1.82) is 0 Å². The van der Waals surface area contributed by atoms with E-state index in [0.717, 1.165) is 24.7 Å². The molecular formula is C15H25N3O. The number of nitrogens with zero attached hydrogens (tertiary/aromatic N) is 2. The summed E-state index contributed by atoms with van der Waals surface area (Å²) in [7, 11) is 0. The van der Waals surface area contributed by atoms with Crippen LogP contribution < -0.4 is 5.32 Å². The molecule has 0 aliphatic carbocycles. The minimum Gasteiger partial charge on any atom is -0.506 e. The lowest BCUT2D eigenvalue weighted by atomic mass is 9.99. The third-order valence-electron chi connectivity index (χ3n) is 3.82. The van der Waals surface area contributed by atoms with E-state index in [1.807, 2.05) is 6.07 Å². The van der Waals surface area contributed by atoms with Crippen LogP contribution in [-0.4, -0.2) is 41.2 Å². The van der Waals surface area contributed by atoms with Crippen LogP contribution in [0.15, 0.2) is 18.3 Å². The van der Waals surface area contributed by atoms with Gasteiger partial charge >= 0.3 is 0 Å². The minimum absolute atomic E-state index is 0.225. The summed E-state index contributed by atoms with van der Waals surface area (Å²) in [6.45, 7) is 7.87. The summed E-state index contributed by atoms with van der Waals surface area (Å²) in [4.78, 5) is 6.72. The Morgan fingerprint density at radius 3 is 2.84 bits per heavy atom. The first-order valence-corrected chi connectivity index (χ1v) is 7.31. The molecule has 1 aromatic rings. The van der Waals surface area contributed by atoms with Crippen LogP contribution in [0.1, 0.15) is 31.9 Å². The summed E-state index contributed by atoms with van der Waals surface area (Å²) < 4.78 is 0. The maximum atomic E-state index is 9.14. The van der Waals surface area contributed by atoms with Crippen molar-refractivity contribution in [3.8, 4) is 5.75 Å². The van der Waals surface area contributed by atoms with Gasteiger partial charge in [0, 0.05) is 6.54 Å². The van der Waals surface area contributed by atoms with E-state index in [-0.39, 0.29) is 5.75 Å². The molecule has 0 radical (unpaired) electrons. The van der Waals surface area contributed by atoms with Crippen molar-refractivity contribution in [2.24, 2.45) is 5.92 Å². The average Bonchev–Trinajstić information content (AvgIpc) is 2.43. The minimum atomic E-state index is 0.225. The fourth-order valence-electron chi connectivity index (χ4n) is 2.45. The first kappa shape index (κ1) is 14.3. The molecule has 4 nitrogen and oxygen atoms in total. The van der Waals surface area contributed by atoms with E-state index >= 15 is 0 Å². The van der Waals surface area contributed by atoms with Crippen LogP contribution in [-0.2, 0) is 6.54 Å². The zero-order chi connectivity index (χ0) is 13.5. The van der Waals surface area contributed by atoms with Crippen molar-refractivity contribution in [1.82, 2.24) is 15.2 Å². The SMILES string of the molecule is CC1CCN(CCCNCc2ccc(O)cn2)CC1. The Bertz CT molecular complexity index is 358. The fraction of sp³-hybridized carbons (Fsp3) is 0.667.